The van der Waals surface area contributed by atoms with Crippen LogP contribution in [-0.4, -0.2) is 44.2 Å². The normalized spacial score (nSPS) is 17.6. The van der Waals surface area contributed by atoms with Gasteiger partial charge in [0.2, 0.25) is 5.91 Å². The smallest absolute Gasteiger partial charge is 0.248 e. The first kappa shape index (κ1) is 14.0. The summed E-state index contributed by atoms with van der Waals surface area (Å²) < 4.78 is 5.16. The number of nitrogens with one attached hydrogen (secondary N) is 1. The summed E-state index contributed by atoms with van der Waals surface area (Å²) in [4.78, 5) is 13.7. The van der Waals surface area contributed by atoms with Crippen molar-refractivity contribution in [3.05, 3.63) is 34.9 Å². The molecule has 0 aromatic heterocycles. The molecule has 1 aliphatic heterocycles. The van der Waals surface area contributed by atoms with Gasteiger partial charge in [-0.25, -0.2) is 0 Å². The third kappa shape index (κ3) is 3.55. The van der Waals surface area contributed by atoms with Gasteiger partial charge in [-0.05, 0) is 26.5 Å². The molecule has 1 aromatic rings. The fourth-order valence-corrected chi connectivity index (χ4v) is 2.54. The summed E-state index contributed by atoms with van der Waals surface area (Å²) in [7, 11) is 1.94. The van der Waals surface area contributed by atoms with Crippen molar-refractivity contribution < 1.29 is 9.53 Å². The highest BCUT2D eigenvalue weighted by molar-refractivity contribution is 5.78. The van der Waals surface area contributed by atoms with Gasteiger partial charge >= 0.3 is 0 Å². The average Bonchev–Trinajstić information content (AvgIpc) is 2.36. The zero-order valence-electron chi connectivity index (χ0n) is 11.9. The minimum Gasteiger partial charge on any atom is -0.370 e. The number of hydrogen-bond acceptors (Lipinski definition) is 3. The average molecular weight is 262 g/mol. The van der Waals surface area contributed by atoms with Gasteiger partial charge in [0.05, 0.1) is 6.61 Å². The van der Waals surface area contributed by atoms with Gasteiger partial charge in [0.25, 0.3) is 0 Å². The lowest BCUT2D eigenvalue weighted by molar-refractivity contribution is -0.143. The monoisotopic (exact) mass is 262 g/mol. The quantitative estimate of drug-likeness (QED) is 0.892. The second-order valence-corrected chi connectivity index (χ2v) is 5.15. The van der Waals surface area contributed by atoms with Crippen LogP contribution < -0.4 is 5.32 Å². The molecule has 1 aromatic carbocycles. The summed E-state index contributed by atoms with van der Waals surface area (Å²) in [6.45, 7) is 6.42. The van der Waals surface area contributed by atoms with Crippen molar-refractivity contribution in [2.75, 3.05) is 33.4 Å². The summed E-state index contributed by atoms with van der Waals surface area (Å²) in [6, 6.07) is 6.69. The molecule has 0 saturated carbocycles. The van der Waals surface area contributed by atoms with E-state index in [4.69, 9.17) is 4.74 Å². The molecule has 1 unspecified atom stereocenters. The Balaban J connectivity index is 2.12. The summed E-state index contributed by atoms with van der Waals surface area (Å²) in [5.41, 5.74) is 3.74. The Hall–Kier alpha value is -1.39. The van der Waals surface area contributed by atoms with E-state index in [1.807, 2.05) is 11.9 Å². The van der Waals surface area contributed by atoms with E-state index in [1.165, 1.54) is 16.7 Å². The van der Waals surface area contributed by atoms with E-state index in [0.29, 0.717) is 19.7 Å². The number of morpholine rings is 1. The Labute approximate surface area is 114 Å². The SMILES string of the molecule is CNC(CN1CCOCC1=O)c1cc(C)cc(C)c1. The van der Waals surface area contributed by atoms with Crippen molar-refractivity contribution in [1.29, 1.82) is 0 Å². The number of rotatable bonds is 4. The van der Waals surface area contributed by atoms with Crippen molar-refractivity contribution in [2.45, 2.75) is 19.9 Å². The fraction of sp³-hybridized carbons (Fsp3) is 0.533. The number of hydrogen-bond donors (Lipinski definition) is 1. The molecule has 0 aliphatic carbocycles. The van der Waals surface area contributed by atoms with Crippen LogP contribution in [0.3, 0.4) is 0 Å². The predicted octanol–water partition coefficient (Wildman–Crippen LogP) is 1.42. The summed E-state index contributed by atoms with van der Waals surface area (Å²) in [5, 5.41) is 3.31. The Morgan fingerprint density at radius 2 is 2.00 bits per heavy atom. The van der Waals surface area contributed by atoms with Crippen LogP contribution in [0, 0.1) is 13.8 Å². The first-order valence-electron chi connectivity index (χ1n) is 6.71. The van der Waals surface area contributed by atoms with Crippen molar-refractivity contribution >= 4 is 5.91 Å². The van der Waals surface area contributed by atoms with E-state index in [0.717, 1.165) is 0 Å². The van der Waals surface area contributed by atoms with Gasteiger partial charge in [-0.3, -0.25) is 4.79 Å². The highest BCUT2D eigenvalue weighted by atomic mass is 16.5. The van der Waals surface area contributed by atoms with E-state index in [-0.39, 0.29) is 18.6 Å². The molecule has 1 aliphatic rings. The first-order chi connectivity index (χ1) is 9.10. The second kappa shape index (κ2) is 6.17. The summed E-state index contributed by atoms with van der Waals surface area (Å²) in [5.74, 6) is 0.0795. The number of likely N-dealkylation sites (N-methyl/N-ethyl adjacent to an activating group) is 1. The maximum atomic E-state index is 11.8. The standard InChI is InChI=1S/C15H22N2O2/c1-11-6-12(2)8-13(7-11)14(16-3)9-17-4-5-19-10-15(17)18/h6-8,14,16H,4-5,9-10H2,1-3H3. The number of nitrogens with zero attached hydrogens (tertiary/aromatic N) is 1. The Bertz CT molecular complexity index is 439. The Kier molecular flexibility index (Phi) is 4.56. The Morgan fingerprint density at radius 1 is 1.32 bits per heavy atom. The molecule has 1 fully saturated rings. The molecule has 1 heterocycles. The first-order valence-corrected chi connectivity index (χ1v) is 6.71. The van der Waals surface area contributed by atoms with Gasteiger partial charge in [0.15, 0.2) is 0 Å². The van der Waals surface area contributed by atoms with Crippen LogP contribution in [0.4, 0.5) is 0 Å². The van der Waals surface area contributed by atoms with Crippen LogP contribution in [0.25, 0.3) is 0 Å². The predicted molar refractivity (Wildman–Crippen MR) is 75.1 cm³/mol. The lowest BCUT2D eigenvalue weighted by Crippen LogP contribution is -2.45. The zero-order chi connectivity index (χ0) is 13.8. The van der Waals surface area contributed by atoms with Gasteiger partial charge in [-0.15, -0.1) is 0 Å². The number of ether oxygens (including phenoxy) is 1. The molecule has 0 bridgehead atoms. The van der Waals surface area contributed by atoms with E-state index >= 15 is 0 Å². The molecule has 0 radical (unpaired) electrons. The molecular weight excluding hydrogens is 240 g/mol. The topological polar surface area (TPSA) is 41.6 Å². The van der Waals surface area contributed by atoms with Gasteiger partial charge in [0, 0.05) is 19.1 Å². The minimum atomic E-state index is 0.0795. The highest BCUT2D eigenvalue weighted by Crippen LogP contribution is 2.18. The molecule has 1 N–H and O–H groups in total. The van der Waals surface area contributed by atoms with Crippen molar-refractivity contribution in [3.8, 4) is 0 Å². The maximum Gasteiger partial charge on any atom is 0.248 e. The maximum absolute atomic E-state index is 11.8. The number of carbonyl (C=O) groups is 1. The van der Waals surface area contributed by atoms with Crippen LogP contribution in [0.1, 0.15) is 22.7 Å². The second-order valence-electron chi connectivity index (χ2n) is 5.15. The summed E-state index contributed by atoms with van der Waals surface area (Å²) >= 11 is 0. The molecule has 0 spiro atoms. The molecule has 1 atom stereocenters. The van der Waals surface area contributed by atoms with Gasteiger partial charge < -0.3 is 15.0 Å². The highest BCUT2D eigenvalue weighted by Gasteiger charge is 2.22. The molecule has 4 heteroatoms. The number of benzene rings is 1. The van der Waals surface area contributed by atoms with E-state index in [2.05, 4.69) is 37.4 Å². The van der Waals surface area contributed by atoms with Crippen molar-refractivity contribution in [3.63, 3.8) is 0 Å². The number of carbonyl (C=O) groups excluding carboxylic acids is 1. The lowest BCUT2D eigenvalue weighted by atomic mass is 10.0. The molecule has 4 nitrogen and oxygen atoms in total. The number of amides is 1. The van der Waals surface area contributed by atoms with Crippen molar-refractivity contribution in [1.82, 2.24) is 10.2 Å². The van der Waals surface area contributed by atoms with Gasteiger partial charge in [-0.2, -0.15) is 0 Å². The van der Waals surface area contributed by atoms with Crippen molar-refractivity contribution in [2.24, 2.45) is 0 Å². The van der Waals surface area contributed by atoms with Gasteiger partial charge in [-0.1, -0.05) is 29.3 Å². The molecule has 19 heavy (non-hydrogen) atoms. The van der Waals surface area contributed by atoms with Gasteiger partial charge in [0.1, 0.15) is 6.61 Å². The minimum absolute atomic E-state index is 0.0795. The van der Waals surface area contributed by atoms with Crippen LogP contribution in [0.5, 0.6) is 0 Å². The molecule has 104 valence electrons. The third-order valence-corrected chi connectivity index (χ3v) is 3.48. The lowest BCUT2D eigenvalue weighted by Gasteiger charge is -2.31. The fourth-order valence-electron chi connectivity index (χ4n) is 2.54. The third-order valence-electron chi connectivity index (χ3n) is 3.48. The molecule has 1 amide bonds. The molecule has 2 rings (SSSR count). The van der Waals surface area contributed by atoms with E-state index < -0.39 is 0 Å². The number of aryl methyl sites for hydroxylation is 2. The summed E-state index contributed by atoms with van der Waals surface area (Å²) in [6.07, 6.45) is 0. The van der Waals surface area contributed by atoms with Crippen LogP contribution in [0.15, 0.2) is 18.2 Å². The van der Waals surface area contributed by atoms with Crippen LogP contribution >= 0.6 is 0 Å². The largest absolute Gasteiger partial charge is 0.370 e. The molecular formula is C15H22N2O2. The van der Waals surface area contributed by atoms with E-state index in [1.54, 1.807) is 0 Å². The molecule has 1 saturated heterocycles. The Morgan fingerprint density at radius 3 is 2.58 bits per heavy atom. The van der Waals surface area contributed by atoms with Crippen LogP contribution in [-0.2, 0) is 9.53 Å². The zero-order valence-corrected chi connectivity index (χ0v) is 11.9. The van der Waals surface area contributed by atoms with E-state index in [9.17, 15) is 4.79 Å². The van der Waals surface area contributed by atoms with Crippen LogP contribution in [0.2, 0.25) is 0 Å².